The Morgan fingerprint density at radius 1 is 1.24 bits per heavy atom. The number of hydrogen-bond acceptors (Lipinski definition) is 3. The van der Waals surface area contributed by atoms with Crippen LogP contribution in [0.4, 0.5) is 8.78 Å². The van der Waals surface area contributed by atoms with Crippen molar-refractivity contribution < 1.29 is 18.3 Å². The van der Waals surface area contributed by atoms with Crippen LogP contribution in [0, 0.1) is 0 Å². The van der Waals surface area contributed by atoms with E-state index in [4.69, 9.17) is 9.47 Å². The van der Waals surface area contributed by atoms with Gasteiger partial charge in [0.15, 0.2) is 0 Å². The smallest absolute Gasteiger partial charge is 0.250 e. The van der Waals surface area contributed by atoms with Crippen molar-refractivity contribution in [3.8, 4) is 11.5 Å². The van der Waals surface area contributed by atoms with E-state index < -0.39 is 6.43 Å². The van der Waals surface area contributed by atoms with E-state index >= 15 is 0 Å². The van der Waals surface area contributed by atoms with Gasteiger partial charge in [0.1, 0.15) is 11.5 Å². The number of hydrogen-bond donors (Lipinski definition) is 1. The van der Waals surface area contributed by atoms with E-state index in [9.17, 15) is 8.78 Å². The Balaban J connectivity index is 2.85. The lowest BCUT2D eigenvalue weighted by molar-refractivity contribution is 0.142. The third-order valence-electron chi connectivity index (χ3n) is 2.48. The second kappa shape index (κ2) is 6.39. The highest BCUT2D eigenvalue weighted by Crippen LogP contribution is 2.29. The van der Waals surface area contributed by atoms with Crippen LogP contribution in [0.3, 0.4) is 0 Å². The van der Waals surface area contributed by atoms with E-state index in [1.807, 2.05) is 0 Å². The van der Waals surface area contributed by atoms with E-state index in [1.54, 1.807) is 39.3 Å². The van der Waals surface area contributed by atoms with Crippen LogP contribution in [-0.4, -0.2) is 27.2 Å². The minimum atomic E-state index is -2.37. The van der Waals surface area contributed by atoms with E-state index in [-0.39, 0.29) is 12.6 Å². The maximum atomic E-state index is 12.1. The lowest BCUT2D eigenvalue weighted by Crippen LogP contribution is -2.24. The molecule has 0 heterocycles. The van der Waals surface area contributed by atoms with Crippen LogP contribution in [0.15, 0.2) is 18.2 Å². The van der Waals surface area contributed by atoms with E-state index in [1.165, 1.54) is 0 Å². The number of benzene rings is 1. The van der Waals surface area contributed by atoms with Gasteiger partial charge in [0.2, 0.25) is 0 Å². The van der Waals surface area contributed by atoms with Crippen LogP contribution in [0.5, 0.6) is 11.5 Å². The average molecular weight is 245 g/mol. The molecule has 0 saturated carbocycles. The maximum Gasteiger partial charge on any atom is 0.250 e. The molecule has 0 aliphatic heterocycles. The Bertz CT molecular complexity index is 358. The van der Waals surface area contributed by atoms with Crippen molar-refractivity contribution in [3.63, 3.8) is 0 Å². The van der Waals surface area contributed by atoms with Gasteiger partial charge >= 0.3 is 0 Å². The van der Waals surface area contributed by atoms with Crippen LogP contribution < -0.4 is 14.8 Å². The maximum absolute atomic E-state index is 12.1. The van der Waals surface area contributed by atoms with Gasteiger partial charge in [0, 0.05) is 11.6 Å². The molecule has 1 rings (SSSR count). The Morgan fingerprint density at radius 2 is 1.94 bits per heavy atom. The Hall–Kier alpha value is -1.36. The summed E-state index contributed by atoms with van der Waals surface area (Å²) >= 11 is 0. The van der Waals surface area contributed by atoms with Gasteiger partial charge in [-0.3, -0.25) is 0 Å². The zero-order valence-electron chi connectivity index (χ0n) is 10.2. The highest BCUT2D eigenvalue weighted by atomic mass is 19.3. The molecule has 0 fully saturated rings. The number of alkyl halides is 2. The molecule has 0 amide bonds. The minimum Gasteiger partial charge on any atom is -0.497 e. The molecule has 5 heteroatoms. The first kappa shape index (κ1) is 13.7. The van der Waals surface area contributed by atoms with Gasteiger partial charge < -0.3 is 14.8 Å². The normalized spacial score (nSPS) is 12.6. The second-order valence-electron chi connectivity index (χ2n) is 3.63. The quantitative estimate of drug-likeness (QED) is 0.835. The first-order valence-corrected chi connectivity index (χ1v) is 5.32. The van der Waals surface area contributed by atoms with E-state index in [2.05, 4.69) is 5.32 Å². The summed E-state index contributed by atoms with van der Waals surface area (Å²) in [6.07, 6.45) is -2.37. The molecular formula is C12H17F2NO2. The fourth-order valence-corrected chi connectivity index (χ4v) is 1.55. The number of halogens is 2. The van der Waals surface area contributed by atoms with Gasteiger partial charge in [-0.2, -0.15) is 0 Å². The minimum absolute atomic E-state index is 0.228. The third kappa shape index (κ3) is 3.85. The van der Waals surface area contributed by atoms with Crippen LogP contribution in [0.25, 0.3) is 0 Å². The molecule has 1 N–H and O–H groups in total. The molecule has 1 aromatic carbocycles. The molecule has 1 aromatic rings. The van der Waals surface area contributed by atoms with E-state index in [0.717, 1.165) is 5.56 Å². The molecule has 1 unspecified atom stereocenters. The van der Waals surface area contributed by atoms with Crippen molar-refractivity contribution in [2.45, 2.75) is 19.4 Å². The Kier molecular flexibility index (Phi) is 5.15. The van der Waals surface area contributed by atoms with Crippen molar-refractivity contribution in [3.05, 3.63) is 23.8 Å². The fraction of sp³-hybridized carbons (Fsp3) is 0.500. The fourth-order valence-electron chi connectivity index (χ4n) is 1.55. The summed E-state index contributed by atoms with van der Waals surface area (Å²) in [7, 11) is 3.11. The summed E-state index contributed by atoms with van der Waals surface area (Å²) in [4.78, 5) is 0. The first-order valence-electron chi connectivity index (χ1n) is 5.32. The van der Waals surface area contributed by atoms with E-state index in [0.29, 0.717) is 11.5 Å². The molecule has 0 aliphatic carbocycles. The van der Waals surface area contributed by atoms with Gasteiger partial charge in [0.25, 0.3) is 6.43 Å². The van der Waals surface area contributed by atoms with Gasteiger partial charge in [-0.25, -0.2) is 8.78 Å². The molecule has 0 aromatic heterocycles. The molecule has 17 heavy (non-hydrogen) atoms. The number of rotatable bonds is 6. The molecule has 0 aliphatic rings. The van der Waals surface area contributed by atoms with Crippen molar-refractivity contribution in [1.82, 2.24) is 5.32 Å². The number of nitrogens with one attached hydrogen (secondary N) is 1. The molecule has 96 valence electrons. The zero-order chi connectivity index (χ0) is 12.8. The highest BCUT2D eigenvalue weighted by molar-refractivity contribution is 5.42. The van der Waals surface area contributed by atoms with Crippen molar-refractivity contribution in [2.24, 2.45) is 0 Å². The zero-order valence-corrected chi connectivity index (χ0v) is 10.2. The Morgan fingerprint density at radius 3 is 2.47 bits per heavy atom. The van der Waals surface area contributed by atoms with Crippen molar-refractivity contribution >= 4 is 0 Å². The van der Waals surface area contributed by atoms with Crippen LogP contribution in [0.2, 0.25) is 0 Å². The summed E-state index contributed by atoms with van der Waals surface area (Å²) in [5.74, 6) is 1.33. The summed E-state index contributed by atoms with van der Waals surface area (Å²) in [5, 5.41) is 2.74. The summed E-state index contributed by atoms with van der Waals surface area (Å²) in [6.45, 7) is 1.46. The molecule has 0 radical (unpaired) electrons. The summed E-state index contributed by atoms with van der Waals surface area (Å²) in [5.41, 5.74) is 0.799. The standard InChI is InChI=1S/C12H17F2NO2/c1-8(15-7-12(13)14)10-6-9(16-2)4-5-11(10)17-3/h4-6,8,12,15H,7H2,1-3H3. The molecule has 0 bridgehead atoms. The topological polar surface area (TPSA) is 30.5 Å². The number of methoxy groups -OCH3 is 2. The molecule has 0 spiro atoms. The SMILES string of the molecule is COc1ccc(OC)c(C(C)NCC(F)F)c1. The van der Waals surface area contributed by atoms with Crippen molar-refractivity contribution in [2.75, 3.05) is 20.8 Å². The third-order valence-corrected chi connectivity index (χ3v) is 2.48. The number of ether oxygens (including phenoxy) is 2. The largest absolute Gasteiger partial charge is 0.497 e. The summed E-state index contributed by atoms with van der Waals surface area (Å²) < 4.78 is 34.5. The molecule has 0 saturated heterocycles. The van der Waals surface area contributed by atoms with Crippen molar-refractivity contribution in [1.29, 1.82) is 0 Å². The van der Waals surface area contributed by atoms with Gasteiger partial charge in [-0.1, -0.05) is 0 Å². The predicted molar refractivity (Wildman–Crippen MR) is 62.0 cm³/mol. The predicted octanol–water partition coefficient (Wildman–Crippen LogP) is 2.62. The lowest BCUT2D eigenvalue weighted by atomic mass is 10.1. The van der Waals surface area contributed by atoms with Crippen LogP contribution in [0.1, 0.15) is 18.5 Å². The average Bonchev–Trinajstić information content (AvgIpc) is 2.34. The molecule has 1 atom stereocenters. The second-order valence-corrected chi connectivity index (χ2v) is 3.63. The van der Waals surface area contributed by atoms with Gasteiger partial charge in [0.05, 0.1) is 20.8 Å². The molecule has 3 nitrogen and oxygen atoms in total. The lowest BCUT2D eigenvalue weighted by Gasteiger charge is -2.18. The Labute approximate surface area is 99.7 Å². The highest BCUT2D eigenvalue weighted by Gasteiger charge is 2.14. The van der Waals surface area contributed by atoms with Crippen LogP contribution in [-0.2, 0) is 0 Å². The van der Waals surface area contributed by atoms with Gasteiger partial charge in [-0.05, 0) is 25.1 Å². The molecular weight excluding hydrogens is 228 g/mol. The van der Waals surface area contributed by atoms with Gasteiger partial charge in [-0.15, -0.1) is 0 Å². The monoisotopic (exact) mass is 245 g/mol. The summed E-state index contributed by atoms with van der Waals surface area (Å²) in [6, 6.07) is 5.08. The van der Waals surface area contributed by atoms with Crippen LogP contribution >= 0.6 is 0 Å². The first-order chi connectivity index (χ1) is 8.08.